The molecule has 3 N–H and O–H groups in total. The molecule has 3 rings (SSSR count). The van der Waals surface area contributed by atoms with Gasteiger partial charge in [-0.15, -0.1) is 0 Å². The Morgan fingerprint density at radius 1 is 1.33 bits per heavy atom. The van der Waals surface area contributed by atoms with Gasteiger partial charge in [-0.25, -0.2) is 9.50 Å². The first kappa shape index (κ1) is 10.7. The van der Waals surface area contributed by atoms with Crippen molar-refractivity contribution in [3.63, 3.8) is 0 Å². The molecule has 0 unspecified atom stereocenters. The van der Waals surface area contributed by atoms with Gasteiger partial charge in [-0.2, -0.15) is 0 Å². The predicted octanol–water partition coefficient (Wildman–Crippen LogP) is 0.543. The van der Waals surface area contributed by atoms with E-state index in [-0.39, 0.29) is 12.1 Å². The largest absolute Gasteiger partial charge is 0.325 e. The Hall–Kier alpha value is -2.47. The summed E-state index contributed by atoms with van der Waals surface area (Å²) in [5.74, 6) is 0. The molecule has 90 valence electrons. The monoisotopic (exact) mass is 241 g/mol. The van der Waals surface area contributed by atoms with Crippen molar-refractivity contribution in [2.45, 2.75) is 6.54 Å². The maximum atomic E-state index is 11.8. The van der Waals surface area contributed by atoms with Gasteiger partial charge in [0.05, 0.1) is 17.1 Å². The smallest absolute Gasteiger partial charge is 0.272 e. The van der Waals surface area contributed by atoms with Gasteiger partial charge in [0.2, 0.25) is 0 Å². The summed E-state index contributed by atoms with van der Waals surface area (Å²) in [6.07, 6.45) is 1.70. The van der Waals surface area contributed by atoms with Crippen molar-refractivity contribution >= 4 is 5.65 Å². The Labute approximate surface area is 102 Å². The first-order valence-corrected chi connectivity index (χ1v) is 5.51. The van der Waals surface area contributed by atoms with Crippen molar-refractivity contribution < 1.29 is 0 Å². The molecule has 3 aromatic heterocycles. The number of pyridine rings is 1. The first-order valence-electron chi connectivity index (χ1n) is 5.51. The molecule has 0 radical (unpaired) electrons. The minimum absolute atomic E-state index is 0.178. The Morgan fingerprint density at radius 2 is 2.22 bits per heavy atom. The van der Waals surface area contributed by atoms with Gasteiger partial charge in [0, 0.05) is 24.9 Å². The number of rotatable bonds is 2. The number of nitrogens with one attached hydrogen (secondary N) is 1. The van der Waals surface area contributed by atoms with Gasteiger partial charge >= 0.3 is 0 Å². The molecule has 3 aromatic rings. The zero-order chi connectivity index (χ0) is 12.5. The third-order valence-electron chi connectivity index (χ3n) is 2.65. The zero-order valence-corrected chi connectivity index (χ0v) is 9.50. The number of fused-ring (bicyclic) bond motifs is 1. The number of hydrogen-bond donors (Lipinski definition) is 2. The summed E-state index contributed by atoms with van der Waals surface area (Å²) in [7, 11) is 0. The number of aromatic nitrogens is 4. The summed E-state index contributed by atoms with van der Waals surface area (Å²) in [5.41, 5.74) is 7.94. The minimum atomic E-state index is -0.178. The topological polar surface area (TPSA) is 89.1 Å². The molecular formula is C12H11N5O. The standard InChI is InChI=1S/C12H11N5O/c13-7-8-5-12(18)17-11(15-8)6-10(16-17)9-3-1-2-4-14-9/h1-6,16H,7,13H2. The van der Waals surface area contributed by atoms with Gasteiger partial charge in [-0.3, -0.25) is 14.9 Å². The minimum Gasteiger partial charge on any atom is -0.325 e. The maximum Gasteiger partial charge on any atom is 0.272 e. The second kappa shape index (κ2) is 4.08. The van der Waals surface area contributed by atoms with Crippen LogP contribution in [0.25, 0.3) is 17.0 Å². The first-order chi connectivity index (χ1) is 8.78. The van der Waals surface area contributed by atoms with Crippen molar-refractivity contribution in [2.24, 2.45) is 5.73 Å². The highest BCUT2D eigenvalue weighted by Gasteiger charge is 2.07. The third-order valence-corrected chi connectivity index (χ3v) is 2.65. The molecule has 6 nitrogen and oxygen atoms in total. The van der Waals surface area contributed by atoms with Gasteiger partial charge in [-0.1, -0.05) is 6.07 Å². The van der Waals surface area contributed by atoms with Crippen molar-refractivity contribution in [1.82, 2.24) is 19.6 Å². The van der Waals surface area contributed by atoms with E-state index in [0.29, 0.717) is 11.3 Å². The van der Waals surface area contributed by atoms with E-state index in [9.17, 15) is 4.79 Å². The van der Waals surface area contributed by atoms with Crippen molar-refractivity contribution in [3.8, 4) is 11.4 Å². The van der Waals surface area contributed by atoms with Crippen LogP contribution in [0.1, 0.15) is 5.69 Å². The highest BCUT2D eigenvalue weighted by atomic mass is 16.1. The Kier molecular flexibility index (Phi) is 2.42. The molecule has 0 aliphatic heterocycles. The van der Waals surface area contributed by atoms with Crippen LogP contribution in [0, 0.1) is 0 Å². The van der Waals surface area contributed by atoms with E-state index in [1.165, 1.54) is 10.6 Å². The number of nitrogens with two attached hydrogens (primary N) is 1. The van der Waals surface area contributed by atoms with Crippen LogP contribution in [-0.4, -0.2) is 19.6 Å². The average Bonchev–Trinajstić information content (AvgIpc) is 2.84. The van der Waals surface area contributed by atoms with Gasteiger partial charge in [0.25, 0.3) is 5.56 Å². The molecule has 0 bridgehead atoms. The quantitative estimate of drug-likeness (QED) is 0.685. The second-order valence-corrected chi connectivity index (χ2v) is 3.87. The zero-order valence-electron chi connectivity index (χ0n) is 9.50. The van der Waals surface area contributed by atoms with E-state index < -0.39 is 0 Å². The summed E-state index contributed by atoms with van der Waals surface area (Å²) < 4.78 is 1.38. The lowest BCUT2D eigenvalue weighted by Gasteiger charge is -1.96. The Balaban J connectivity index is 2.23. The Morgan fingerprint density at radius 3 is 2.94 bits per heavy atom. The molecule has 0 spiro atoms. The summed E-state index contributed by atoms with van der Waals surface area (Å²) in [6, 6.07) is 8.78. The summed E-state index contributed by atoms with van der Waals surface area (Å²) in [5, 5.41) is 2.97. The molecule has 0 fully saturated rings. The molecule has 0 aromatic carbocycles. The fourth-order valence-corrected chi connectivity index (χ4v) is 1.80. The van der Waals surface area contributed by atoms with Gasteiger partial charge < -0.3 is 5.73 Å². The van der Waals surface area contributed by atoms with E-state index in [2.05, 4.69) is 15.1 Å². The van der Waals surface area contributed by atoms with Crippen LogP contribution in [0.2, 0.25) is 0 Å². The van der Waals surface area contributed by atoms with Gasteiger partial charge in [-0.05, 0) is 12.1 Å². The lowest BCUT2D eigenvalue weighted by atomic mass is 10.3. The predicted molar refractivity (Wildman–Crippen MR) is 66.9 cm³/mol. The maximum absolute atomic E-state index is 11.8. The fourth-order valence-electron chi connectivity index (χ4n) is 1.80. The van der Waals surface area contributed by atoms with Crippen LogP contribution in [-0.2, 0) is 6.54 Å². The van der Waals surface area contributed by atoms with E-state index in [1.807, 2.05) is 18.2 Å². The molecular weight excluding hydrogens is 230 g/mol. The highest BCUT2D eigenvalue weighted by molar-refractivity contribution is 5.60. The molecule has 0 aliphatic carbocycles. The van der Waals surface area contributed by atoms with Crippen LogP contribution in [0.4, 0.5) is 0 Å². The number of H-pyrrole nitrogens is 1. The van der Waals surface area contributed by atoms with Crippen LogP contribution in [0.5, 0.6) is 0 Å². The lowest BCUT2D eigenvalue weighted by Crippen LogP contribution is -2.16. The molecule has 18 heavy (non-hydrogen) atoms. The molecule has 0 amide bonds. The number of nitrogens with zero attached hydrogens (tertiary/aromatic N) is 3. The van der Waals surface area contributed by atoms with Crippen LogP contribution in [0.15, 0.2) is 41.3 Å². The molecule has 0 saturated carbocycles. The lowest BCUT2D eigenvalue weighted by molar-refractivity contribution is 0.871. The van der Waals surface area contributed by atoms with E-state index >= 15 is 0 Å². The van der Waals surface area contributed by atoms with Crippen LogP contribution in [0.3, 0.4) is 0 Å². The highest BCUT2D eigenvalue weighted by Crippen LogP contribution is 2.14. The molecule has 0 aliphatic rings. The van der Waals surface area contributed by atoms with Gasteiger partial charge in [0.15, 0.2) is 5.65 Å². The number of hydrogen-bond acceptors (Lipinski definition) is 4. The average molecular weight is 241 g/mol. The van der Waals surface area contributed by atoms with Crippen LogP contribution < -0.4 is 11.3 Å². The fraction of sp³-hybridized carbons (Fsp3) is 0.0833. The third kappa shape index (κ3) is 1.68. The Bertz CT molecular complexity index is 744. The SMILES string of the molecule is NCc1cc(=O)n2[nH]c(-c3ccccn3)cc2n1. The van der Waals surface area contributed by atoms with Crippen LogP contribution >= 0.6 is 0 Å². The van der Waals surface area contributed by atoms with E-state index in [4.69, 9.17) is 5.73 Å². The van der Waals surface area contributed by atoms with Crippen molar-refractivity contribution in [1.29, 1.82) is 0 Å². The molecule has 6 heteroatoms. The molecule has 0 saturated heterocycles. The van der Waals surface area contributed by atoms with E-state index in [1.54, 1.807) is 12.3 Å². The van der Waals surface area contributed by atoms with Crippen molar-refractivity contribution in [2.75, 3.05) is 0 Å². The molecule has 3 heterocycles. The molecule has 0 atom stereocenters. The van der Waals surface area contributed by atoms with E-state index in [0.717, 1.165) is 11.4 Å². The summed E-state index contributed by atoms with van der Waals surface area (Å²) in [6.45, 7) is 0.246. The number of aromatic amines is 1. The van der Waals surface area contributed by atoms with Crippen molar-refractivity contribution in [3.05, 3.63) is 52.6 Å². The second-order valence-electron chi connectivity index (χ2n) is 3.87. The summed E-state index contributed by atoms with van der Waals surface area (Å²) in [4.78, 5) is 20.3. The summed E-state index contributed by atoms with van der Waals surface area (Å²) >= 11 is 0. The normalized spacial score (nSPS) is 10.9. The van der Waals surface area contributed by atoms with Gasteiger partial charge in [0.1, 0.15) is 0 Å².